The molecule has 2 aliphatic heterocycles. The molecular weight excluding hydrogens is 827 g/mol. The molecule has 2 saturated heterocycles. The Morgan fingerprint density at radius 3 is 1.56 bits per heavy atom. The summed E-state index contributed by atoms with van der Waals surface area (Å²) < 4.78 is 48.6. The highest BCUT2D eigenvalue weighted by atomic mass is 19.3. The number of ether oxygens (including phenoxy) is 4. The number of rotatable bonds is 15. The van der Waals surface area contributed by atoms with Gasteiger partial charge in [-0.1, -0.05) is 52.0 Å². The van der Waals surface area contributed by atoms with E-state index in [0.717, 1.165) is 18.3 Å². The lowest BCUT2D eigenvalue weighted by Gasteiger charge is -2.37. The van der Waals surface area contributed by atoms with Crippen molar-refractivity contribution in [2.45, 2.75) is 128 Å². The first kappa shape index (κ1) is 48.6. The van der Waals surface area contributed by atoms with Crippen LogP contribution in [0.25, 0.3) is 0 Å². The van der Waals surface area contributed by atoms with Gasteiger partial charge in [0.05, 0.1) is 14.2 Å². The largest absolute Gasteiger partial charge is 0.456 e. The zero-order valence-corrected chi connectivity index (χ0v) is 36.9. The Balaban J connectivity index is 1.15. The lowest BCUT2D eigenvalue weighted by Crippen LogP contribution is -2.54. The number of carbonyl (C=O) groups is 8. The van der Waals surface area contributed by atoms with Crippen LogP contribution in [-0.4, -0.2) is 128 Å². The molecule has 4 unspecified atom stereocenters. The zero-order valence-electron chi connectivity index (χ0n) is 36.9. The summed E-state index contributed by atoms with van der Waals surface area (Å²) in [5.41, 5.74) is 2.12. The quantitative estimate of drug-likeness (QED) is 0.164. The van der Waals surface area contributed by atoms with E-state index in [9.17, 15) is 47.1 Å². The molecule has 1 saturated carbocycles. The van der Waals surface area contributed by atoms with Gasteiger partial charge in [-0.2, -0.15) is 0 Å². The maximum absolute atomic E-state index is 14.2. The maximum atomic E-state index is 14.2. The van der Waals surface area contributed by atoms with Crippen LogP contribution in [0.4, 0.5) is 18.4 Å². The molecule has 16 nitrogen and oxygen atoms in total. The second kappa shape index (κ2) is 20.8. The topological polar surface area (TPSA) is 204 Å². The number of alkyl halides is 2. The van der Waals surface area contributed by atoms with Gasteiger partial charge in [-0.3, -0.25) is 19.2 Å². The van der Waals surface area contributed by atoms with Crippen molar-refractivity contribution in [3.63, 3.8) is 0 Å². The molecule has 0 aromatic heterocycles. The van der Waals surface area contributed by atoms with E-state index in [-0.39, 0.29) is 50.4 Å². The number of ketones is 2. The van der Waals surface area contributed by atoms with Crippen LogP contribution < -0.4 is 10.6 Å². The number of hydrogen-bond acceptors (Lipinski definition) is 12. The summed E-state index contributed by atoms with van der Waals surface area (Å²) in [4.78, 5) is 107. The number of amides is 4. The van der Waals surface area contributed by atoms with E-state index in [1.807, 2.05) is 12.2 Å². The van der Waals surface area contributed by atoms with Crippen LogP contribution in [0.15, 0.2) is 46.6 Å². The van der Waals surface area contributed by atoms with Gasteiger partial charge < -0.3 is 39.4 Å². The number of alkyl carbamates (subject to hydrolysis) is 2. The number of nitrogens with zero attached hydrogens (tertiary/aromatic N) is 2. The summed E-state index contributed by atoms with van der Waals surface area (Å²) in [6, 6.07) is -3.96. The molecule has 3 aliphatic carbocycles. The molecule has 63 heavy (non-hydrogen) atoms. The van der Waals surface area contributed by atoms with Crippen molar-refractivity contribution < 1.29 is 66.1 Å². The number of hydrogen-bond donors (Lipinski definition) is 2. The number of nitrogens with one attached hydrogen (secondary N) is 2. The zero-order chi connectivity index (χ0) is 46.2. The Morgan fingerprint density at radius 1 is 0.667 bits per heavy atom. The van der Waals surface area contributed by atoms with E-state index in [1.54, 1.807) is 39.8 Å². The number of allylic oxidation sites excluding steroid dienone is 6. The van der Waals surface area contributed by atoms with Crippen LogP contribution in [0.2, 0.25) is 0 Å². The normalized spacial score (nSPS) is 22.5. The van der Waals surface area contributed by atoms with Crippen LogP contribution in [0.5, 0.6) is 0 Å². The fourth-order valence-corrected chi connectivity index (χ4v) is 8.96. The Kier molecular flexibility index (Phi) is 16.1. The predicted molar refractivity (Wildman–Crippen MR) is 222 cm³/mol. The van der Waals surface area contributed by atoms with E-state index in [4.69, 9.17) is 9.47 Å². The monoisotopic (exact) mass is 886 g/mol. The molecule has 18 heteroatoms. The molecule has 4 amide bonds. The van der Waals surface area contributed by atoms with Crippen molar-refractivity contribution in [1.82, 2.24) is 20.4 Å². The highest BCUT2D eigenvalue weighted by Crippen LogP contribution is 2.51. The molecule has 2 heterocycles. The molecular formula is C45H60F2N4O12. The van der Waals surface area contributed by atoms with E-state index >= 15 is 0 Å². The maximum Gasteiger partial charge on any atom is 0.407 e. The van der Waals surface area contributed by atoms with Crippen molar-refractivity contribution in [3.05, 3.63) is 46.6 Å². The minimum Gasteiger partial charge on any atom is -0.456 e. The smallest absolute Gasteiger partial charge is 0.407 e. The number of halogens is 2. The predicted octanol–water partition coefficient (Wildman–Crippen LogP) is 5.05. The van der Waals surface area contributed by atoms with Gasteiger partial charge >= 0.3 is 24.1 Å². The molecule has 4 atom stereocenters. The van der Waals surface area contributed by atoms with Crippen molar-refractivity contribution in [1.29, 1.82) is 0 Å². The number of methoxy groups -OCH3 is 2. The number of likely N-dealkylation sites (tertiary alicyclic amines) is 2. The van der Waals surface area contributed by atoms with Gasteiger partial charge in [0, 0.05) is 25.9 Å². The highest BCUT2D eigenvalue weighted by molar-refractivity contribution is 5.99. The number of esters is 2. The first-order valence-corrected chi connectivity index (χ1v) is 21.7. The number of Topliss-reactive ketones (excluding diaryl/α,β-unsaturated/α-hetero) is 2. The molecule has 2 N–H and O–H groups in total. The van der Waals surface area contributed by atoms with Crippen LogP contribution in [0.3, 0.4) is 0 Å². The third-order valence-electron chi connectivity index (χ3n) is 12.8. The summed E-state index contributed by atoms with van der Waals surface area (Å²) >= 11 is 0. The third kappa shape index (κ3) is 12.0. The fraction of sp³-hybridized carbons (Fsp3) is 0.644. The fourth-order valence-electron chi connectivity index (χ4n) is 8.96. The highest BCUT2D eigenvalue weighted by Gasteiger charge is 2.54. The summed E-state index contributed by atoms with van der Waals surface area (Å²) in [6.45, 7) is 6.25. The first-order valence-electron chi connectivity index (χ1n) is 21.7. The van der Waals surface area contributed by atoms with Crippen LogP contribution in [0.1, 0.15) is 98.3 Å². The van der Waals surface area contributed by atoms with E-state index in [1.165, 1.54) is 16.9 Å². The first-order chi connectivity index (χ1) is 29.8. The molecule has 0 aromatic rings. The molecule has 3 fully saturated rings. The van der Waals surface area contributed by atoms with Crippen LogP contribution >= 0.6 is 0 Å². The molecule has 0 bridgehead atoms. The van der Waals surface area contributed by atoms with Gasteiger partial charge in [0.1, 0.15) is 24.2 Å². The third-order valence-corrected chi connectivity index (χ3v) is 12.8. The minimum atomic E-state index is -2.83. The molecule has 0 radical (unpaired) electrons. The molecule has 5 rings (SSSR count). The van der Waals surface area contributed by atoms with Crippen molar-refractivity contribution in [3.8, 4) is 0 Å². The average Bonchev–Trinajstić information content (AvgIpc) is 3.92. The summed E-state index contributed by atoms with van der Waals surface area (Å²) in [7, 11) is 2.35. The average molecular weight is 887 g/mol. The molecule has 1 spiro atoms. The van der Waals surface area contributed by atoms with Gasteiger partial charge in [-0.05, 0) is 97.3 Å². The van der Waals surface area contributed by atoms with Gasteiger partial charge in [-0.25, -0.2) is 28.0 Å². The van der Waals surface area contributed by atoms with Crippen LogP contribution in [-0.2, 0) is 47.7 Å². The van der Waals surface area contributed by atoms with E-state index < -0.39 is 96.4 Å². The Bertz CT molecular complexity index is 1950. The SMILES string of the molecule is COC(=O)NC(C(=O)N1CCCC1C(=O)OCC(=O)C1=CC=C(C2=CC=C(C(=O)COC(=O)C3CC4(CCC(F)(F)CC4)CN3C(=O)C(NC(=O)OC)C(C)C)CC2)CC1)C(C)C. The van der Waals surface area contributed by atoms with Crippen LogP contribution in [0, 0.1) is 17.3 Å². The lowest BCUT2D eigenvalue weighted by molar-refractivity contribution is -0.156. The minimum absolute atomic E-state index is 0.0378. The van der Waals surface area contributed by atoms with Gasteiger partial charge in [-0.15, -0.1) is 0 Å². The van der Waals surface area contributed by atoms with Crippen molar-refractivity contribution in [2.75, 3.05) is 40.5 Å². The summed E-state index contributed by atoms with van der Waals surface area (Å²) in [5.74, 6) is -6.78. The summed E-state index contributed by atoms with van der Waals surface area (Å²) in [6.07, 6.45) is 7.69. The van der Waals surface area contributed by atoms with E-state index in [0.29, 0.717) is 56.2 Å². The van der Waals surface area contributed by atoms with Crippen molar-refractivity contribution in [2.24, 2.45) is 17.3 Å². The van der Waals surface area contributed by atoms with Crippen molar-refractivity contribution >= 4 is 47.5 Å². The standard InChI is InChI=1S/C45H60F2N4O12/c1-26(2)36(48-42(58)60-5)38(54)50-21-7-8-32(50)40(56)62-23-34(52)30-13-9-28(10-14-30)29-11-15-31(16-12-29)35(53)24-63-41(57)33-22-44(17-19-45(46,47)20-18-44)25-51(33)39(55)37(27(3)4)49-43(59)61-6/h9,11,13,15,26-27,32-33,36-37H,7-8,10,12,14,16-25H2,1-6H3,(H,48,58)(H,49,59). The second-order valence-corrected chi connectivity index (χ2v) is 17.8. The van der Waals surface area contributed by atoms with E-state index in [2.05, 4.69) is 20.1 Å². The summed E-state index contributed by atoms with van der Waals surface area (Å²) in [5, 5.41) is 5.04. The lowest BCUT2D eigenvalue weighted by atomic mass is 9.71. The molecule has 0 aromatic carbocycles. The Hall–Kier alpha value is -5.42. The van der Waals surface area contributed by atoms with Gasteiger partial charge in [0.25, 0.3) is 0 Å². The molecule has 5 aliphatic rings. The second-order valence-electron chi connectivity index (χ2n) is 17.8. The molecule has 346 valence electrons. The van der Waals surface area contributed by atoms with Gasteiger partial charge in [0.2, 0.25) is 17.7 Å². The van der Waals surface area contributed by atoms with Gasteiger partial charge in [0.15, 0.2) is 24.8 Å². The Labute approximate surface area is 366 Å². The Morgan fingerprint density at radius 2 is 1.13 bits per heavy atom. The number of carbonyl (C=O) groups excluding carboxylic acids is 8.